The molecule has 1 aliphatic carbocycles. The largest absolute Gasteiger partial charge is 0.311 e. The lowest BCUT2D eigenvalue weighted by molar-refractivity contribution is 0.0803. The topological polar surface area (TPSA) is 15.3 Å². The Balaban J connectivity index is 1.99. The molecule has 2 nitrogen and oxygen atoms in total. The molecule has 116 valence electrons. The predicted octanol–water partition coefficient (Wildman–Crippen LogP) is 4.01. The van der Waals surface area contributed by atoms with Crippen LogP contribution in [0.1, 0.15) is 52.9 Å². The molecule has 2 aliphatic rings. The van der Waals surface area contributed by atoms with E-state index in [0.717, 1.165) is 19.0 Å². The lowest BCUT2D eigenvalue weighted by Crippen LogP contribution is -2.60. The summed E-state index contributed by atoms with van der Waals surface area (Å²) < 4.78 is 0. The fourth-order valence-corrected chi connectivity index (χ4v) is 3.97. The molecule has 2 rings (SSSR count). The molecule has 0 spiro atoms. The fourth-order valence-electron chi connectivity index (χ4n) is 3.90. The maximum Gasteiger partial charge on any atom is 0.0247 e. The molecule has 1 heterocycles. The van der Waals surface area contributed by atoms with Crippen molar-refractivity contribution in [3.63, 3.8) is 0 Å². The Morgan fingerprint density at radius 1 is 1.30 bits per heavy atom. The number of halogens is 1. The molecule has 20 heavy (non-hydrogen) atoms. The Morgan fingerprint density at radius 3 is 2.60 bits per heavy atom. The minimum Gasteiger partial charge on any atom is -0.311 e. The van der Waals surface area contributed by atoms with E-state index in [1.165, 1.54) is 44.2 Å². The monoisotopic (exact) mass is 298 g/mol. The van der Waals surface area contributed by atoms with Crippen LogP contribution in [-0.2, 0) is 0 Å². The van der Waals surface area contributed by atoms with E-state index in [1.54, 1.807) is 5.54 Å². The summed E-state index contributed by atoms with van der Waals surface area (Å²) in [5.74, 6) is 1.58. The van der Waals surface area contributed by atoms with Crippen LogP contribution in [0, 0.1) is 11.8 Å². The van der Waals surface area contributed by atoms with E-state index in [1.807, 2.05) is 0 Å². The molecule has 0 radical (unpaired) electrons. The van der Waals surface area contributed by atoms with Gasteiger partial charge >= 0.3 is 0 Å². The van der Waals surface area contributed by atoms with Crippen LogP contribution in [0.4, 0.5) is 0 Å². The first-order valence-electron chi connectivity index (χ1n) is 8.35. The zero-order valence-electron chi connectivity index (χ0n) is 13.4. The van der Waals surface area contributed by atoms with Gasteiger partial charge in [0.1, 0.15) is 0 Å². The maximum absolute atomic E-state index is 5.88. The highest BCUT2D eigenvalue weighted by atomic mass is 35.5. The first-order chi connectivity index (χ1) is 9.61. The molecule has 1 aliphatic heterocycles. The molecular weight excluding hydrogens is 268 g/mol. The highest BCUT2D eigenvalue weighted by molar-refractivity contribution is 6.25. The molecule has 3 heteroatoms. The van der Waals surface area contributed by atoms with Crippen LogP contribution in [-0.4, -0.2) is 36.6 Å². The number of nitrogens with zero attached hydrogens (tertiary/aromatic N) is 1. The molecular formula is C17H31ClN2. The Kier molecular flexibility index (Phi) is 6.38. The summed E-state index contributed by atoms with van der Waals surface area (Å²) in [6.45, 7) is 10.2. The van der Waals surface area contributed by atoms with Gasteiger partial charge in [-0.05, 0) is 37.2 Å². The highest BCUT2D eigenvalue weighted by Crippen LogP contribution is 2.29. The van der Waals surface area contributed by atoms with Crippen molar-refractivity contribution in [1.29, 1.82) is 0 Å². The molecule has 1 saturated carbocycles. The van der Waals surface area contributed by atoms with Crippen molar-refractivity contribution in [2.24, 2.45) is 11.8 Å². The lowest BCUT2D eigenvalue weighted by Gasteiger charge is -2.45. The van der Waals surface area contributed by atoms with E-state index in [-0.39, 0.29) is 0 Å². The van der Waals surface area contributed by atoms with Gasteiger partial charge in [0.05, 0.1) is 0 Å². The number of nitrogens with one attached hydrogen (secondary N) is 1. The van der Waals surface area contributed by atoms with Gasteiger partial charge in [-0.25, -0.2) is 0 Å². The predicted molar refractivity (Wildman–Crippen MR) is 88.2 cm³/mol. The van der Waals surface area contributed by atoms with E-state index >= 15 is 0 Å². The fraction of sp³-hybridized carbons (Fsp3) is 0.882. The number of piperazine rings is 1. The molecule has 2 fully saturated rings. The SMILES string of the molecule is CC(=CCl)CN1CC(C2CCCCC2)NCC1C(C)C. The van der Waals surface area contributed by atoms with E-state index < -0.39 is 0 Å². The molecule has 1 N–H and O–H groups in total. The minimum absolute atomic E-state index is 0.640. The zero-order chi connectivity index (χ0) is 14.5. The summed E-state index contributed by atoms with van der Waals surface area (Å²) in [5.41, 5.74) is 3.02. The van der Waals surface area contributed by atoms with E-state index in [4.69, 9.17) is 11.6 Å². The summed E-state index contributed by atoms with van der Waals surface area (Å²) >= 11 is 5.88. The molecule has 2 unspecified atom stereocenters. The van der Waals surface area contributed by atoms with Gasteiger partial charge in [0.25, 0.3) is 0 Å². The lowest BCUT2D eigenvalue weighted by atomic mass is 9.82. The Bertz CT molecular complexity index is 321. The van der Waals surface area contributed by atoms with Crippen LogP contribution in [0.15, 0.2) is 11.1 Å². The maximum atomic E-state index is 5.88. The second-order valence-corrected chi connectivity index (χ2v) is 7.33. The van der Waals surface area contributed by atoms with Gasteiger partial charge in [-0.2, -0.15) is 0 Å². The third-order valence-corrected chi connectivity index (χ3v) is 5.49. The van der Waals surface area contributed by atoms with E-state index in [0.29, 0.717) is 18.0 Å². The molecule has 0 amide bonds. The minimum atomic E-state index is 0.640. The summed E-state index contributed by atoms with van der Waals surface area (Å²) in [6, 6.07) is 1.33. The third-order valence-electron chi connectivity index (χ3n) is 5.12. The van der Waals surface area contributed by atoms with Gasteiger partial charge in [0.2, 0.25) is 0 Å². The Labute approximate surface area is 129 Å². The van der Waals surface area contributed by atoms with Crippen molar-refractivity contribution in [2.45, 2.75) is 65.0 Å². The van der Waals surface area contributed by atoms with Gasteiger partial charge in [-0.1, -0.05) is 44.7 Å². The molecule has 0 aromatic rings. The van der Waals surface area contributed by atoms with Gasteiger partial charge in [-0.15, -0.1) is 0 Å². The van der Waals surface area contributed by atoms with Gasteiger partial charge in [-0.3, -0.25) is 4.90 Å². The van der Waals surface area contributed by atoms with Gasteiger partial charge in [0.15, 0.2) is 0 Å². The Hall–Kier alpha value is -0.0500. The van der Waals surface area contributed by atoms with E-state index in [9.17, 15) is 0 Å². The van der Waals surface area contributed by atoms with Crippen LogP contribution >= 0.6 is 11.6 Å². The molecule has 0 bridgehead atoms. The van der Waals surface area contributed by atoms with Crippen LogP contribution in [0.5, 0.6) is 0 Å². The first kappa shape index (κ1) is 16.3. The number of rotatable bonds is 4. The van der Waals surface area contributed by atoms with Crippen LogP contribution in [0.2, 0.25) is 0 Å². The van der Waals surface area contributed by atoms with Gasteiger partial charge in [0, 0.05) is 37.3 Å². The van der Waals surface area contributed by atoms with Crippen LogP contribution in [0.25, 0.3) is 0 Å². The highest BCUT2D eigenvalue weighted by Gasteiger charge is 2.33. The normalized spacial score (nSPS) is 30.9. The second kappa shape index (κ2) is 7.82. The smallest absolute Gasteiger partial charge is 0.0247 e. The molecule has 0 aromatic heterocycles. The molecule has 1 saturated heterocycles. The van der Waals surface area contributed by atoms with Crippen LogP contribution < -0.4 is 5.32 Å². The van der Waals surface area contributed by atoms with Crippen molar-refractivity contribution in [3.8, 4) is 0 Å². The summed E-state index contributed by atoms with van der Waals surface area (Å²) in [4.78, 5) is 2.66. The quantitative estimate of drug-likeness (QED) is 0.844. The zero-order valence-corrected chi connectivity index (χ0v) is 14.1. The van der Waals surface area contributed by atoms with Crippen molar-refractivity contribution in [2.75, 3.05) is 19.6 Å². The van der Waals surface area contributed by atoms with Crippen molar-refractivity contribution < 1.29 is 0 Å². The second-order valence-electron chi connectivity index (χ2n) is 7.11. The van der Waals surface area contributed by atoms with Crippen LogP contribution in [0.3, 0.4) is 0 Å². The number of hydrogen-bond acceptors (Lipinski definition) is 2. The van der Waals surface area contributed by atoms with Crippen molar-refractivity contribution in [3.05, 3.63) is 11.1 Å². The van der Waals surface area contributed by atoms with Crippen molar-refractivity contribution in [1.82, 2.24) is 10.2 Å². The standard InChI is InChI=1S/C17H31ClN2/c1-13(2)17-10-19-16(15-7-5-4-6-8-15)12-20(17)11-14(3)9-18/h9,13,15-17,19H,4-8,10-12H2,1-3H3. The first-order valence-corrected chi connectivity index (χ1v) is 8.78. The third kappa shape index (κ3) is 4.22. The van der Waals surface area contributed by atoms with E-state index in [2.05, 4.69) is 31.0 Å². The Morgan fingerprint density at radius 2 is 2.00 bits per heavy atom. The summed E-state index contributed by atoms with van der Waals surface area (Å²) in [6.07, 6.45) is 7.13. The van der Waals surface area contributed by atoms with Gasteiger partial charge < -0.3 is 5.32 Å². The molecule has 0 aromatic carbocycles. The summed E-state index contributed by atoms with van der Waals surface area (Å²) in [7, 11) is 0. The molecule has 2 atom stereocenters. The summed E-state index contributed by atoms with van der Waals surface area (Å²) in [5, 5.41) is 3.85. The average Bonchev–Trinajstić information content (AvgIpc) is 2.47. The van der Waals surface area contributed by atoms with Crippen molar-refractivity contribution >= 4 is 11.6 Å². The average molecular weight is 299 g/mol. The number of hydrogen-bond donors (Lipinski definition) is 1.